The van der Waals surface area contributed by atoms with Crippen molar-refractivity contribution in [1.82, 2.24) is 24.6 Å². The number of amides is 1. The van der Waals surface area contributed by atoms with Crippen LogP contribution in [0, 0.1) is 6.92 Å². The molecule has 140 valence electrons. The number of nitrogens with one attached hydrogen (secondary N) is 1. The zero-order chi connectivity index (χ0) is 19.0. The quantitative estimate of drug-likeness (QED) is 0.753. The molecule has 1 aliphatic heterocycles. The molecular formula is C19H21N5O2S. The van der Waals surface area contributed by atoms with Gasteiger partial charge in [-0.15, -0.1) is 0 Å². The molecule has 4 rings (SSSR count). The van der Waals surface area contributed by atoms with Gasteiger partial charge < -0.3 is 9.88 Å². The van der Waals surface area contributed by atoms with Gasteiger partial charge in [0, 0.05) is 49.3 Å². The Hall–Kier alpha value is -2.74. The van der Waals surface area contributed by atoms with Crippen molar-refractivity contribution in [2.45, 2.75) is 25.7 Å². The first kappa shape index (κ1) is 17.7. The Labute approximate surface area is 160 Å². The van der Waals surface area contributed by atoms with E-state index in [4.69, 9.17) is 0 Å². The number of carbonyl (C=O) groups is 1. The molecule has 0 aromatic carbocycles. The molecule has 0 spiro atoms. The number of aromatic nitrogens is 4. The van der Waals surface area contributed by atoms with Gasteiger partial charge in [0.2, 0.25) is 0 Å². The van der Waals surface area contributed by atoms with Crippen molar-refractivity contribution < 1.29 is 4.79 Å². The largest absolute Gasteiger partial charge is 0.338 e. The van der Waals surface area contributed by atoms with Crippen molar-refractivity contribution >= 4 is 17.2 Å². The van der Waals surface area contributed by atoms with Crippen LogP contribution in [0.3, 0.4) is 0 Å². The topological polar surface area (TPSA) is 83.9 Å². The Kier molecular flexibility index (Phi) is 4.65. The molecule has 8 heteroatoms. The minimum Gasteiger partial charge on any atom is -0.338 e. The van der Waals surface area contributed by atoms with Crippen molar-refractivity contribution in [3.63, 3.8) is 0 Å². The molecule has 3 aromatic heterocycles. The molecule has 0 aliphatic carbocycles. The van der Waals surface area contributed by atoms with Crippen molar-refractivity contribution in [3.05, 3.63) is 56.5 Å². The fourth-order valence-corrected chi connectivity index (χ4v) is 4.21. The minimum atomic E-state index is -0.134. The number of thiophene rings is 1. The zero-order valence-corrected chi connectivity index (χ0v) is 16.1. The van der Waals surface area contributed by atoms with Gasteiger partial charge in [-0.25, -0.2) is 4.98 Å². The predicted molar refractivity (Wildman–Crippen MR) is 104 cm³/mol. The van der Waals surface area contributed by atoms with Crippen molar-refractivity contribution in [1.29, 1.82) is 0 Å². The number of H-pyrrole nitrogens is 1. The van der Waals surface area contributed by atoms with Crippen LogP contribution in [0.15, 0.2) is 33.9 Å². The number of carbonyl (C=O) groups excluding carboxylic acids is 1. The van der Waals surface area contributed by atoms with E-state index in [0.29, 0.717) is 30.2 Å². The monoisotopic (exact) mass is 383 g/mol. The summed E-state index contributed by atoms with van der Waals surface area (Å²) in [6.45, 7) is 3.14. The standard InChI is InChI=1S/C19H21N5O2S/c1-12-15(10-23(2)22-12)19(26)24-6-3-13(4-7-24)18-20-16(9-17(25)21-18)14-5-8-27-11-14/h5,8-11,13H,3-4,6-7H2,1-2H3,(H,20,21,25). The Morgan fingerprint density at radius 1 is 1.33 bits per heavy atom. The number of aryl methyl sites for hydroxylation is 2. The molecule has 1 aliphatic rings. The molecule has 4 heterocycles. The van der Waals surface area contributed by atoms with Crippen LogP contribution in [-0.2, 0) is 7.05 Å². The summed E-state index contributed by atoms with van der Waals surface area (Å²) >= 11 is 1.58. The molecule has 7 nitrogen and oxygen atoms in total. The molecule has 0 bridgehead atoms. The molecule has 0 unspecified atom stereocenters. The summed E-state index contributed by atoms with van der Waals surface area (Å²) in [6, 6.07) is 3.50. The fourth-order valence-electron chi connectivity index (χ4n) is 3.56. The number of hydrogen-bond donors (Lipinski definition) is 1. The normalized spacial score (nSPS) is 15.3. The second kappa shape index (κ2) is 7.11. The minimum absolute atomic E-state index is 0.0209. The molecule has 1 N–H and O–H groups in total. The molecule has 1 saturated heterocycles. The van der Waals surface area contributed by atoms with Gasteiger partial charge in [-0.2, -0.15) is 16.4 Å². The lowest BCUT2D eigenvalue weighted by Crippen LogP contribution is -2.38. The first-order valence-electron chi connectivity index (χ1n) is 8.94. The SMILES string of the molecule is Cc1nn(C)cc1C(=O)N1CCC(c2nc(-c3ccsc3)cc(=O)[nH]2)CC1. The Morgan fingerprint density at radius 2 is 2.11 bits per heavy atom. The van der Waals surface area contributed by atoms with Crippen molar-refractivity contribution in [3.8, 4) is 11.3 Å². The number of aromatic amines is 1. The summed E-state index contributed by atoms with van der Waals surface area (Å²) in [7, 11) is 1.82. The van der Waals surface area contributed by atoms with E-state index in [1.54, 1.807) is 22.2 Å². The maximum Gasteiger partial charge on any atom is 0.257 e. The van der Waals surface area contributed by atoms with E-state index in [0.717, 1.165) is 24.1 Å². The third kappa shape index (κ3) is 3.57. The van der Waals surface area contributed by atoms with Crippen LogP contribution in [0.1, 0.15) is 40.6 Å². The predicted octanol–water partition coefficient (Wildman–Crippen LogP) is 2.56. The number of nitrogens with zero attached hydrogens (tertiary/aromatic N) is 4. The molecular weight excluding hydrogens is 362 g/mol. The van der Waals surface area contributed by atoms with Gasteiger partial charge >= 0.3 is 0 Å². The van der Waals surface area contributed by atoms with Gasteiger partial charge in [0.25, 0.3) is 11.5 Å². The lowest BCUT2D eigenvalue weighted by atomic mass is 9.95. The van der Waals surface area contributed by atoms with E-state index in [2.05, 4.69) is 15.1 Å². The highest BCUT2D eigenvalue weighted by molar-refractivity contribution is 7.08. The van der Waals surface area contributed by atoms with Gasteiger partial charge in [-0.1, -0.05) is 0 Å². The lowest BCUT2D eigenvalue weighted by molar-refractivity contribution is 0.0710. The van der Waals surface area contributed by atoms with Crippen LogP contribution >= 0.6 is 11.3 Å². The second-order valence-corrected chi connectivity index (χ2v) is 7.68. The highest BCUT2D eigenvalue weighted by Crippen LogP contribution is 2.28. The van der Waals surface area contributed by atoms with Crippen LogP contribution in [0.4, 0.5) is 0 Å². The number of hydrogen-bond acceptors (Lipinski definition) is 5. The van der Waals surface area contributed by atoms with E-state index < -0.39 is 0 Å². The van der Waals surface area contributed by atoms with Gasteiger partial charge in [0.05, 0.1) is 17.0 Å². The fraction of sp³-hybridized carbons (Fsp3) is 0.368. The van der Waals surface area contributed by atoms with Gasteiger partial charge in [0.1, 0.15) is 5.82 Å². The van der Waals surface area contributed by atoms with Gasteiger partial charge in [-0.3, -0.25) is 14.3 Å². The zero-order valence-electron chi connectivity index (χ0n) is 15.3. The molecule has 0 radical (unpaired) electrons. The van der Waals surface area contributed by atoms with E-state index in [1.807, 2.05) is 35.7 Å². The first-order valence-corrected chi connectivity index (χ1v) is 9.89. The molecule has 0 saturated carbocycles. The summed E-state index contributed by atoms with van der Waals surface area (Å²) in [6.07, 6.45) is 3.33. The molecule has 27 heavy (non-hydrogen) atoms. The van der Waals surface area contributed by atoms with Crippen LogP contribution in [-0.4, -0.2) is 43.6 Å². The average molecular weight is 383 g/mol. The van der Waals surface area contributed by atoms with Crippen molar-refractivity contribution in [2.75, 3.05) is 13.1 Å². The Bertz CT molecular complexity index is 1010. The maximum absolute atomic E-state index is 12.7. The van der Waals surface area contributed by atoms with E-state index in [-0.39, 0.29) is 17.4 Å². The lowest BCUT2D eigenvalue weighted by Gasteiger charge is -2.31. The number of likely N-dealkylation sites (tertiary alicyclic amines) is 1. The second-order valence-electron chi connectivity index (χ2n) is 6.90. The highest BCUT2D eigenvalue weighted by atomic mass is 32.1. The Morgan fingerprint density at radius 3 is 2.74 bits per heavy atom. The first-order chi connectivity index (χ1) is 13.0. The van der Waals surface area contributed by atoms with Crippen LogP contribution in [0.2, 0.25) is 0 Å². The third-order valence-electron chi connectivity index (χ3n) is 4.99. The van der Waals surface area contributed by atoms with E-state index in [1.165, 1.54) is 6.07 Å². The number of rotatable bonds is 3. The van der Waals surface area contributed by atoms with E-state index in [9.17, 15) is 9.59 Å². The highest BCUT2D eigenvalue weighted by Gasteiger charge is 2.27. The summed E-state index contributed by atoms with van der Waals surface area (Å²) in [5.41, 5.74) is 2.94. The summed E-state index contributed by atoms with van der Waals surface area (Å²) in [5.74, 6) is 0.885. The molecule has 1 fully saturated rings. The van der Waals surface area contributed by atoms with Crippen LogP contribution < -0.4 is 5.56 Å². The van der Waals surface area contributed by atoms with Crippen LogP contribution in [0.25, 0.3) is 11.3 Å². The smallest absolute Gasteiger partial charge is 0.257 e. The maximum atomic E-state index is 12.7. The van der Waals surface area contributed by atoms with E-state index >= 15 is 0 Å². The third-order valence-corrected chi connectivity index (χ3v) is 5.67. The van der Waals surface area contributed by atoms with Crippen LogP contribution in [0.5, 0.6) is 0 Å². The molecule has 0 atom stereocenters. The van der Waals surface area contributed by atoms with Gasteiger partial charge in [0.15, 0.2) is 0 Å². The van der Waals surface area contributed by atoms with Gasteiger partial charge in [-0.05, 0) is 31.2 Å². The molecule has 1 amide bonds. The number of piperidine rings is 1. The van der Waals surface area contributed by atoms with Crippen molar-refractivity contribution in [2.24, 2.45) is 7.05 Å². The summed E-state index contributed by atoms with van der Waals surface area (Å²) in [4.78, 5) is 34.3. The molecule has 3 aromatic rings. The summed E-state index contributed by atoms with van der Waals surface area (Å²) < 4.78 is 1.67. The summed E-state index contributed by atoms with van der Waals surface area (Å²) in [5, 5.41) is 8.22. The average Bonchev–Trinajstić information content (AvgIpc) is 3.30. The Balaban J connectivity index is 1.49.